The lowest BCUT2D eigenvalue weighted by Gasteiger charge is -2.19. The van der Waals surface area contributed by atoms with Crippen molar-refractivity contribution in [2.24, 2.45) is 0 Å². The molecule has 0 N–H and O–H groups in total. The van der Waals surface area contributed by atoms with Crippen LogP contribution < -0.4 is 0 Å². The van der Waals surface area contributed by atoms with Crippen LogP contribution in [0.4, 0.5) is 0 Å². The van der Waals surface area contributed by atoms with Crippen LogP contribution in [0.5, 0.6) is 0 Å². The largest absolute Gasteiger partial charge is 0.459 e. The van der Waals surface area contributed by atoms with Gasteiger partial charge in [-0.2, -0.15) is 9.97 Å². The summed E-state index contributed by atoms with van der Waals surface area (Å²) in [6.45, 7) is 5.83. The molecule has 12 heteroatoms. The highest BCUT2D eigenvalue weighted by molar-refractivity contribution is 6.28. The van der Waals surface area contributed by atoms with Gasteiger partial charge >= 0.3 is 11.9 Å². The number of benzene rings is 2. The van der Waals surface area contributed by atoms with Gasteiger partial charge in [-0.05, 0) is 56.1 Å². The molecule has 6 rings (SSSR count). The van der Waals surface area contributed by atoms with Crippen LogP contribution in [0, 0.1) is 13.8 Å². The van der Waals surface area contributed by atoms with Gasteiger partial charge < -0.3 is 14.2 Å². The van der Waals surface area contributed by atoms with Crippen LogP contribution in [-0.4, -0.2) is 59.8 Å². The predicted molar refractivity (Wildman–Crippen MR) is 162 cm³/mol. The number of rotatable bonds is 9. The monoisotopic (exact) mass is 614 g/mol. The van der Waals surface area contributed by atoms with E-state index in [-0.39, 0.29) is 18.3 Å². The number of ether oxygens (including phenoxy) is 3. The van der Waals surface area contributed by atoms with Crippen LogP contribution in [0.1, 0.15) is 63.7 Å². The highest BCUT2D eigenvalue weighted by Gasteiger charge is 2.41. The van der Waals surface area contributed by atoms with Crippen molar-refractivity contribution in [3.05, 3.63) is 101 Å². The van der Waals surface area contributed by atoms with Crippen LogP contribution in [-0.2, 0) is 20.6 Å². The van der Waals surface area contributed by atoms with Crippen molar-refractivity contribution in [2.75, 3.05) is 6.61 Å². The number of esters is 2. The number of hydrogen-bond donors (Lipinski definition) is 0. The summed E-state index contributed by atoms with van der Waals surface area (Å²) in [5, 5.41) is 0.0364. The van der Waals surface area contributed by atoms with Crippen molar-refractivity contribution in [2.45, 2.75) is 58.5 Å². The van der Waals surface area contributed by atoms with Gasteiger partial charge in [0.25, 0.3) is 0 Å². The van der Waals surface area contributed by atoms with E-state index in [4.69, 9.17) is 25.8 Å². The number of fused-ring (bicyclic) bond motifs is 1. The fourth-order valence-corrected chi connectivity index (χ4v) is 5.32. The average molecular weight is 615 g/mol. The van der Waals surface area contributed by atoms with Gasteiger partial charge in [0.2, 0.25) is 5.28 Å². The highest BCUT2D eigenvalue weighted by Crippen LogP contribution is 2.34. The molecule has 226 valence electrons. The van der Waals surface area contributed by atoms with E-state index in [1.54, 1.807) is 41.4 Å². The quantitative estimate of drug-likeness (QED) is 0.154. The van der Waals surface area contributed by atoms with Gasteiger partial charge in [-0.3, -0.25) is 9.13 Å². The Kier molecular flexibility index (Phi) is 8.40. The van der Waals surface area contributed by atoms with Crippen LogP contribution in [0.3, 0.4) is 0 Å². The zero-order chi connectivity index (χ0) is 30.8. The molecule has 1 aliphatic heterocycles. The minimum Gasteiger partial charge on any atom is -0.459 e. The summed E-state index contributed by atoms with van der Waals surface area (Å²) in [7, 11) is 0. The van der Waals surface area contributed by atoms with Crippen LogP contribution in [0.15, 0.2) is 67.3 Å². The Labute approximate surface area is 258 Å². The van der Waals surface area contributed by atoms with Crippen LogP contribution in [0.25, 0.3) is 17.0 Å². The van der Waals surface area contributed by atoms with Crippen LogP contribution >= 0.6 is 11.6 Å². The SMILES string of the molecule is CCCc1nccn1-c1nc(Cl)nc2c1ncn2[C@H]1C[C@H](OC(=O)c2ccc(C)cc2)[C@@H](COC(=O)c2ccc(C)cc2)O1. The van der Waals surface area contributed by atoms with Crippen LogP contribution in [0.2, 0.25) is 5.28 Å². The standard InChI is InChI=1S/C32H31ClN6O5/c1-4-5-25-34-14-15-38(25)28-27-29(37-32(33)36-28)39(18-35-27)26-16-23(44-31(41)22-12-8-20(3)9-13-22)24(43-26)17-42-30(40)21-10-6-19(2)7-11-21/h6-15,18,23-24,26H,4-5,16-17H2,1-3H3/t23-,24+,26+/m0/s1. The molecule has 0 unspecified atom stereocenters. The lowest BCUT2D eigenvalue weighted by Crippen LogP contribution is -2.32. The van der Waals surface area contributed by atoms with E-state index in [1.807, 2.05) is 48.9 Å². The van der Waals surface area contributed by atoms with Crippen molar-refractivity contribution in [1.82, 2.24) is 29.1 Å². The maximum atomic E-state index is 13.1. The average Bonchev–Trinajstić information content (AvgIpc) is 3.75. The number of aryl methyl sites for hydroxylation is 3. The summed E-state index contributed by atoms with van der Waals surface area (Å²) in [5.74, 6) is 0.333. The first-order valence-corrected chi connectivity index (χ1v) is 14.8. The van der Waals surface area contributed by atoms with Gasteiger partial charge in [0.15, 0.2) is 17.0 Å². The molecule has 1 aliphatic rings. The molecule has 0 aliphatic carbocycles. The van der Waals surface area contributed by atoms with Gasteiger partial charge in [-0.25, -0.2) is 19.6 Å². The Morgan fingerprint density at radius 1 is 0.977 bits per heavy atom. The molecule has 0 bridgehead atoms. The molecular formula is C32H31ClN6O5. The molecule has 11 nitrogen and oxygen atoms in total. The summed E-state index contributed by atoms with van der Waals surface area (Å²) in [5.41, 5.74) is 3.84. The molecule has 3 aromatic heterocycles. The van der Waals surface area contributed by atoms with E-state index in [1.165, 1.54) is 0 Å². The normalized spacial score (nSPS) is 18.0. The van der Waals surface area contributed by atoms with Gasteiger partial charge in [0.1, 0.15) is 30.9 Å². The molecule has 3 atom stereocenters. The van der Waals surface area contributed by atoms with E-state index in [2.05, 4.69) is 26.9 Å². The topological polar surface area (TPSA) is 123 Å². The number of aromatic nitrogens is 6. The van der Waals surface area contributed by atoms with Crippen molar-refractivity contribution < 1.29 is 23.8 Å². The summed E-state index contributed by atoms with van der Waals surface area (Å²) in [4.78, 5) is 43.9. The molecular weight excluding hydrogens is 584 g/mol. The zero-order valence-corrected chi connectivity index (χ0v) is 25.3. The molecule has 0 saturated carbocycles. The van der Waals surface area contributed by atoms with E-state index >= 15 is 0 Å². The summed E-state index contributed by atoms with van der Waals surface area (Å²) in [6, 6.07) is 14.2. The van der Waals surface area contributed by atoms with E-state index in [0.717, 1.165) is 29.8 Å². The Balaban J connectivity index is 1.28. The Bertz CT molecular complexity index is 1800. The lowest BCUT2D eigenvalue weighted by atomic mass is 10.1. The molecule has 0 spiro atoms. The molecule has 0 radical (unpaired) electrons. The minimum atomic E-state index is -0.747. The lowest BCUT2D eigenvalue weighted by molar-refractivity contribution is -0.0563. The minimum absolute atomic E-state index is 0.0364. The number of nitrogens with zero attached hydrogens (tertiary/aromatic N) is 6. The fraction of sp³-hybridized carbons (Fsp3) is 0.312. The third-order valence-corrected chi connectivity index (χ3v) is 7.67. The van der Waals surface area contributed by atoms with Gasteiger partial charge in [-0.15, -0.1) is 0 Å². The van der Waals surface area contributed by atoms with E-state index in [9.17, 15) is 9.59 Å². The molecule has 1 saturated heterocycles. The number of carbonyl (C=O) groups is 2. The second-order valence-corrected chi connectivity index (χ2v) is 11.1. The second-order valence-electron chi connectivity index (χ2n) is 10.7. The van der Waals surface area contributed by atoms with Gasteiger partial charge in [0.05, 0.1) is 17.5 Å². The van der Waals surface area contributed by atoms with Crippen molar-refractivity contribution in [3.8, 4) is 5.82 Å². The highest BCUT2D eigenvalue weighted by atomic mass is 35.5. The van der Waals surface area contributed by atoms with E-state index < -0.39 is 30.4 Å². The molecule has 1 fully saturated rings. The first kappa shape index (κ1) is 29.5. The maximum Gasteiger partial charge on any atom is 0.338 e. The summed E-state index contributed by atoms with van der Waals surface area (Å²) >= 11 is 6.40. The first-order chi connectivity index (χ1) is 21.3. The zero-order valence-electron chi connectivity index (χ0n) is 24.5. The molecule has 44 heavy (non-hydrogen) atoms. The Morgan fingerprint density at radius 2 is 1.66 bits per heavy atom. The number of imidazole rings is 2. The Hall–Kier alpha value is -4.61. The third kappa shape index (κ3) is 6.06. The molecule has 0 amide bonds. The first-order valence-electron chi connectivity index (χ1n) is 14.4. The Morgan fingerprint density at radius 3 is 2.34 bits per heavy atom. The predicted octanol–water partition coefficient (Wildman–Crippen LogP) is 5.60. The van der Waals surface area contributed by atoms with Crippen molar-refractivity contribution >= 4 is 34.7 Å². The van der Waals surface area contributed by atoms with Crippen molar-refractivity contribution in [3.63, 3.8) is 0 Å². The van der Waals surface area contributed by atoms with Crippen molar-refractivity contribution in [1.29, 1.82) is 0 Å². The summed E-state index contributed by atoms with van der Waals surface area (Å²) < 4.78 is 21.5. The van der Waals surface area contributed by atoms with E-state index in [0.29, 0.717) is 28.1 Å². The summed E-state index contributed by atoms with van der Waals surface area (Å²) in [6.07, 6.45) is 4.92. The number of hydrogen-bond acceptors (Lipinski definition) is 9. The van der Waals surface area contributed by atoms with Gasteiger partial charge in [-0.1, -0.05) is 42.3 Å². The fourth-order valence-electron chi connectivity index (χ4n) is 5.16. The number of carbonyl (C=O) groups excluding carboxylic acids is 2. The second kappa shape index (κ2) is 12.6. The molecule has 5 aromatic rings. The molecule has 2 aromatic carbocycles. The third-order valence-electron chi connectivity index (χ3n) is 7.50. The maximum absolute atomic E-state index is 13.1. The number of halogens is 1. The molecule has 4 heterocycles. The van der Waals surface area contributed by atoms with Gasteiger partial charge in [0, 0.05) is 25.2 Å². The smallest absolute Gasteiger partial charge is 0.338 e.